The average Bonchev–Trinajstić information content (AvgIpc) is 2.71. The molecule has 0 saturated heterocycles. The van der Waals surface area contributed by atoms with Crippen LogP contribution in [0.5, 0.6) is 0 Å². The molecule has 0 atom stereocenters. The van der Waals surface area contributed by atoms with Gasteiger partial charge in [0.25, 0.3) is 5.24 Å². The summed E-state index contributed by atoms with van der Waals surface area (Å²) < 4.78 is 0. The summed E-state index contributed by atoms with van der Waals surface area (Å²) in [5.74, 6) is 0.322. The van der Waals surface area contributed by atoms with Gasteiger partial charge in [-0.2, -0.15) is 0 Å². The van der Waals surface area contributed by atoms with Crippen LogP contribution in [0.1, 0.15) is 17.5 Å². The highest BCUT2D eigenvalue weighted by molar-refractivity contribution is 8.14. The summed E-state index contributed by atoms with van der Waals surface area (Å²) in [4.78, 5) is 31.2. The fourth-order valence-electron chi connectivity index (χ4n) is 3.44. The molecule has 5 nitrogen and oxygen atoms in total. The number of amides is 2. The Morgan fingerprint density at radius 3 is 2.89 bits per heavy atom. The van der Waals surface area contributed by atoms with E-state index in [1.807, 2.05) is 42.5 Å². The standard InChI is InChI=1S/C22H21N3O2S/c1-15-8-10-19-17(13-15)6-4-12-25(19)22(27)28-14-21(26)24-20-11-9-16-5-2-3-7-18(16)23-20/h2-3,5,7-11,13H,4,6,12,14H2,1H3,(H,23,24,26). The van der Waals surface area contributed by atoms with Crippen molar-refractivity contribution in [3.05, 3.63) is 65.7 Å². The molecule has 0 saturated carbocycles. The minimum Gasteiger partial charge on any atom is -0.310 e. The molecule has 142 valence electrons. The Hall–Kier alpha value is -2.86. The van der Waals surface area contributed by atoms with Crippen LogP contribution < -0.4 is 10.2 Å². The molecule has 0 radical (unpaired) electrons. The van der Waals surface area contributed by atoms with Crippen molar-refractivity contribution in [2.75, 3.05) is 22.5 Å². The molecule has 1 aliphatic heterocycles. The number of hydrogen-bond donors (Lipinski definition) is 1. The fourth-order valence-corrected chi connectivity index (χ4v) is 4.11. The summed E-state index contributed by atoms with van der Waals surface area (Å²) >= 11 is 1.03. The van der Waals surface area contributed by atoms with Crippen LogP contribution in [0.4, 0.5) is 16.3 Å². The number of nitrogens with one attached hydrogen (secondary N) is 1. The van der Waals surface area contributed by atoms with Crippen molar-refractivity contribution in [2.24, 2.45) is 0 Å². The Bertz CT molecular complexity index is 1050. The lowest BCUT2D eigenvalue weighted by atomic mass is 10.0. The van der Waals surface area contributed by atoms with Gasteiger partial charge in [-0.1, -0.05) is 47.7 Å². The number of carbonyl (C=O) groups is 2. The minimum absolute atomic E-state index is 0.0606. The van der Waals surface area contributed by atoms with E-state index in [9.17, 15) is 9.59 Å². The van der Waals surface area contributed by atoms with Crippen molar-refractivity contribution >= 4 is 45.3 Å². The van der Waals surface area contributed by atoms with Crippen LogP contribution in [0, 0.1) is 6.92 Å². The van der Waals surface area contributed by atoms with Crippen molar-refractivity contribution < 1.29 is 9.59 Å². The maximum atomic E-state index is 12.7. The molecule has 1 aromatic heterocycles. The van der Waals surface area contributed by atoms with E-state index < -0.39 is 0 Å². The molecule has 1 N–H and O–H groups in total. The number of rotatable bonds is 3. The highest BCUT2D eigenvalue weighted by Gasteiger charge is 2.23. The van der Waals surface area contributed by atoms with Crippen molar-refractivity contribution in [3.8, 4) is 0 Å². The number of thioether (sulfide) groups is 1. The number of para-hydroxylation sites is 1. The first-order valence-corrected chi connectivity index (χ1v) is 10.3. The van der Waals surface area contributed by atoms with Crippen molar-refractivity contribution in [3.63, 3.8) is 0 Å². The third-order valence-electron chi connectivity index (χ3n) is 4.77. The van der Waals surface area contributed by atoms with E-state index in [1.165, 1.54) is 11.1 Å². The monoisotopic (exact) mass is 391 g/mol. The molecule has 0 spiro atoms. The van der Waals surface area contributed by atoms with E-state index in [2.05, 4.69) is 23.3 Å². The molecule has 1 aliphatic rings. The molecule has 0 fully saturated rings. The van der Waals surface area contributed by atoms with Gasteiger partial charge < -0.3 is 10.2 Å². The first-order valence-electron chi connectivity index (χ1n) is 9.29. The summed E-state index contributed by atoms with van der Waals surface area (Å²) in [6.45, 7) is 2.75. The van der Waals surface area contributed by atoms with Crippen LogP contribution in [0.2, 0.25) is 0 Å². The molecule has 0 unspecified atom stereocenters. The SMILES string of the molecule is Cc1ccc2c(c1)CCCN2C(=O)SCC(=O)Nc1ccc2ccccc2n1. The lowest BCUT2D eigenvalue weighted by Crippen LogP contribution is -2.33. The topological polar surface area (TPSA) is 62.3 Å². The Kier molecular flexibility index (Phi) is 5.30. The van der Waals surface area contributed by atoms with E-state index in [4.69, 9.17) is 0 Å². The summed E-state index contributed by atoms with van der Waals surface area (Å²) in [6, 6.07) is 17.6. The number of carbonyl (C=O) groups excluding carboxylic acids is 2. The van der Waals surface area contributed by atoms with Gasteiger partial charge in [0.15, 0.2) is 0 Å². The summed E-state index contributed by atoms with van der Waals surface area (Å²) in [7, 11) is 0. The van der Waals surface area contributed by atoms with Gasteiger partial charge in [-0.05, 0) is 49.6 Å². The maximum Gasteiger partial charge on any atom is 0.286 e. The molecule has 3 aromatic rings. The Labute approximate surface area is 168 Å². The fraction of sp³-hybridized carbons (Fsp3) is 0.227. The number of anilines is 2. The smallest absolute Gasteiger partial charge is 0.286 e. The highest BCUT2D eigenvalue weighted by Crippen LogP contribution is 2.30. The number of hydrogen-bond acceptors (Lipinski definition) is 4. The van der Waals surface area contributed by atoms with Crippen molar-refractivity contribution in [2.45, 2.75) is 19.8 Å². The van der Waals surface area contributed by atoms with Gasteiger partial charge in [-0.25, -0.2) is 4.98 Å². The second-order valence-corrected chi connectivity index (χ2v) is 7.81. The number of pyridine rings is 1. The predicted octanol–water partition coefficient (Wildman–Crippen LogP) is 4.79. The van der Waals surface area contributed by atoms with Crippen LogP contribution in [-0.2, 0) is 11.2 Å². The van der Waals surface area contributed by atoms with E-state index in [-0.39, 0.29) is 16.9 Å². The molecule has 0 aliphatic carbocycles. The molecule has 2 amide bonds. The summed E-state index contributed by atoms with van der Waals surface area (Å²) in [5, 5.41) is 3.70. The van der Waals surface area contributed by atoms with Crippen molar-refractivity contribution in [1.29, 1.82) is 0 Å². The van der Waals surface area contributed by atoms with E-state index in [1.54, 1.807) is 11.0 Å². The van der Waals surface area contributed by atoms with Gasteiger partial charge in [0, 0.05) is 17.6 Å². The predicted molar refractivity (Wildman–Crippen MR) is 115 cm³/mol. The molecule has 6 heteroatoms. The second-order valence-electron chi connectivity index (χ2n) is 6.88. The molecule has 2 aromatic carbocycles. The van der Waals surface area contributed by atoms with E-state index >= 15 is 0 Å². The van der Waals surface area contributed by atoms with Gasteiger partial charge in [0.05, 0.1) is 11.3 Å². The largest absolute Gasteiger partial charge is 0.310 e. The zero-order chi connectivity index (χ0) is 19.5. The van der Waals surface area contributed by atoms with E-state index in [0.717, 1.165) is 41.2 Å². The molecular weight excluding hydrogens is 370 g/mol. The third kappa shape index (κ3) is 4.02. The van der Waals surface area contributed by atoms with E-state index in [0.29, 0.717) is 12.4 Å². The zero-order valence-corrected chi connectivity index (χ0v) is 16.5. The number of aromatic nitrogens is 1. The van der Waals surface area contributed by atoms with Crippen LogP contribution >= 0.6 is 11.8 Å². The lowest BCUT2D eigenvalue weighted by Gasteiger charge is -2.29. The number of aryl methyl sites for hydroxylation is 2. The Morgan fingerprint density at radius 1 is 1.14 bits per heavy atom. The molecule has 2 heterocycles. The Morgan fingerprint density at radius 2 is 2.00 bits per heavy atom. The molecular formula is C22H21N3O2S. The molecule has 4 rings (SSSR count). The van der Waals surface area contributed by atoms with Gasteiger partial charge in [-0.3, -0.25) is 9.59 Å². The highest BCUT2D eigenvalue weighted by atomic mass is 32.2. The normalized spacial score (nSPS) is 13.2. The van der Waals surface area contributed by atoms with Crippen LogP contribution in [0.3, 0.4) is 0 Å². The second kappa shape index (κ2) is 8.02. The lowest BCUT2D eigenvalue weighted by molar-refractivity contribution is -0.113. The average molecular weight is 391 g/mol. The van der Waals surface area contributed by atoms with Crippen LogP contribution in [0.25, 0.3) is 10.9 Å². The quantitative estimate of drug-likeness (QED) is 0.697. The van der Waals surface area contributed by atoms with Gasteiger partial charge >= 0.3 is 0 Å². The van der Waals surface area contributed by atoms with Gasteiger partial charge in [0.1, 0.15) is 5.82 Å². The maximum absolute atomic E-state index is 12.7. The van der Waals surface area contributed by atoms with Crippen LogP contribution in [0.15, 0.2) is 54.6 Å². The zero-order valence-electron chi connectivity index (χ0n) is 15.6. The Balaban J connectivity index is 1.37. The molecule has 28 heavy (non-hydrogen) atoms. The number of nitrogens with zero attached hydrogens (tertiary/aromatic N) is 2. The number of fused-ring (bicyclic) bond motifs is 2. The van der Waals surface area contributed by atoms with Gasteiger partial charge in [0.2, 0.25) is 5.91 Å². The minimum atomic E-state index is -0.234. The first-order chi connectivity index (χ1) is 13.6. The first kappa shape index (κ1) is 18.5. The molecule has 0 bridgehead atoms. The number of benzene rings is 2. The summed E-state index contributed by atoms with van der Waals surface area (Å²) in [5.41, 5.74) is 4.18. The third-order valence-corrected chi connectivity index (χ3v) is 5.64. The summed E-state index contributed by atoms with van der Waals surface area (Å²) in [6.07, 6.45) is 1.93. The van der Waals surface area contributed by atoms with Gasteiger partial charge in [-0.15, -0.1) is 0 Å². The van der Waals surface area contributed by atoms with Crippen molar-refractivity contribution in [1.82, 2.24) is 4.98 Å². The van der Waals surface area contributed by atoms with Crippen LogP contribution in [-0.4, -0.2) is 28.4 Å².